The Labute approximate surface area is 113 Å². The minimum atomic E-state index is -0.307. The Balaban J connectivity index is 1.95. The average molecular weight is 259 g/mol. The summed E-state index contributed by atoms with van der Waals surface area (Å²) >= 11 is 0. The summed E-state index contributed by atoms with van der Waals surface area (Å²) in [5.74, 6) is 0.194. The highest BCUT2D eigenvalue weighted by molar-refractivity contribution is 5.26. The van der Waals surface area contributed by atoms with Gasteiger partial charge in [0.25, 0.3) is 0 Å². The molecule has 0 aromatic heterocycles. The molecule has 3 heteroatoms. The summed E-state index contributed by atoms with van der Waals surface area (Å²) in [5.41, 5.74) is 8.36. The molecule has 19 heavy (non-hydrogen) atoms. The van der Waals surface area contributed by atoms with Crippen LogP contribution in [-0.2, 0) is 6.42 Å². The molecule has 2 nitrogen and oxygen atoms in total. The van der Waals surface area contributed by atoms with Crippen LogP contribution in [0.3, 0.4) is 0 Å². The Bertz CT molecular complexity index is 525. The van der Waals surface area contributed by atoms with E-state index in [4.69, 9.17) is 10.5 Å². The summed E-state index contributed by atoms with van der Waals surface area (Å²) < 4.78 is 18.5. The lowest BCUT2D eigenvalue weighted by Crippen LogP contribution is -2.19. The van der Waals surface area contributed by atoms with Gasteiger partial charge in [0.05, 0.1) is 6.04 Å². The van der Waals surface area contributed by atoms with Crippen LogP contribution in [0.4, 0.5) is 4.39 Å². The minimum absolute atomic E-state index is 0.214. The van der Waals surface area contributed by atoms with Crippen molar-refractivity contribution < 1.29 is 9.13 Å². The molecular formula is C16H18FNO. The van der Waals surface area contributed by atoms with Crippen molar-refractivity contribution >= 4 is 0 Å². The zero-order valence-corrected chi connectivity index (χ0v) is 11.0. The molecule has 2 rings (SSSR count). The number of nitrogens with two attached hydrogens (primary N) is 1. The fraction of sp³-hybridized carbons (Fsp3) is 0.250. The molecule has 0 radical (unpaired) electrons. The smallest absolute Gasteiger partial charge is 0.126 e. The first-order chi connectivity index (χ1) is 9.19. The number of ether oxygens (including phenoxy) is 1. The molecule has 0 bridgehead atoms. The number of aryl methyl sites for hydroxylation is 1. The first kappa shape index (κ1) is 13.6. The van der Waals surface area contributed by atoms with Gasteiger partial charge in [-0.25, -0.2) is 4.39 Å². The molecule has 0 aliphatic rings. The summed E-state index contributed by atoms with van der Waals surface area (Å²) in [5, 5.41) is 0. The number of hydrogen-bond acceptors (Lipinski definition) is 2. The summed E-state index contributed by atoms with van der Waals surface area (Å²) in [4.78, 5) is 0. The average Bonchev–Trinajstić information content (AvgIpc) is 2.45. The molecule has 1 unspecified atom stereocenters. The predicted octanol–water partition coefficient (Wildman–Crippen LogP) is 3.47. The second kappa shape index (κ2) is 6.34. The minimum Gasteiger partial charge on any atom is -0.492 e. The van der Waals surface area contributed by atoms with E-state index in [1.54, 1.807) is 12.1 Å². The third kappa shape index (κ3) is 3.80. The van der Waals surface area contributed by atoms with Crippen LogP contribution in [0.15, 0.2) is 48.5 Å². The van der Waals surface area contributed by atoms with E-state index in [2.05, 4.69) is 19.1 Å². The molecule has 0 amide bonds. The van der Waals surface area contributed by atoms with Gasteiger partial charge in [-0.1, -0.05) is 37.3 Å². The number of rotatable bonds is 5. The summed E-state index contributed by atoms with van der Waals surface area (Å²) in [6.07, 6.45) is 1.01. The fourth-order valence-corrected chi connectivity index (χ4v) is 1.84. The van der Waals surface area contributed by atoms with E-state index in [0.717, 1.165) is 12.0 Å². The van der Waals surface area contributed by atoms with Gasteiger partial charge < -0.3 is 10.5 Å². The van der Waals surface area contributed by atoms with Crippen molar-refractivity contribution in [3.05, 3.63) is 65.5 Å². The van der Waals surface area contributed by atoms with Gasteiger partial charge in [-0.15, -0.1) is 0 Å². The lowest BCUT2D eigenvalue weighted by Gasteiger charge is -2.14. The third-order valence-electron chi connectivity index (χ3n) is 3.04. The normalized spacial score (nSPS) is 12.2. The van der Waals surface area contributed by atoms with Crippen LogP contribution in [0.1, 0.15) is 24.1 Å². The molecule has 0 saturated heterocycles. The molecule has 0 aliphatic heterocycles. The SMILES string of the molecule is CCc1ccc(C(N)COc2cccc(F)c2)cc1. The highest BCUT2D eigenvalue weighted by Gasteiger charge is 2.07. The second-order valence-corrected chi connectivity index (χ2v) is 4.47. The molecule has 0 fully saturated rings. The van der Waals surface area contributed by atoms with Gasteiger partial charge in [-0.05, 0) is 29.7 Å². The van der Waals surface area contributed by atoms with Crippen molar-refractivity contribution in [2.45, 2.75) is 19.4 Å². The molecule has 100 valence electrons. The largest absolute Gasteiger partial charge is 0.492 e. The molecule has 0 aliphatic carbocycles. The van der Waals surface area contributed by atoms with Crippen LogP contribution in [0.2, 0.25) is 0 Å². The highest BCUT2D eigenvalue weighted by Crippen LogP contribution is 2.16. The Morgan fingerprint density at radius 3 is 2.53 bits per heavy atom. The van der Waals surface area contributed by atoms with Gasteiger partial charge in [-0.2, -0.15) is 0 Å². The van der Waals surface area contributed by atoms with Gasteiger partial charge in [0.2, 0.25) is 0 Å². The van der Waals surface area contributed by atoms with E-state index in [1.165, 1.54) is 17.7 Å². The molecule has 2 aromatic carbocycles. The van der Waals surface area contributed by atoms with Crippen LogP contribution in [0, 0.1) is 5.82 Å². The zero-order valence-electron chi connectivity index (χ0n) is 11.0. The van der Waals surface area contributed by atoms with Crippen LogP contribution in [0.25, 0.3) is 0 Å². The molecular weight excluding hydrogens is 241 g/mol. The van der Waals surface area contributed by atoms with Gasteiger partial charge in [0, 0.05) is 6.07 Å². The van der Waals surface area contributed by atoms with E-state index in [1.807, 2.05) is 12.1 Å². The molecule has 0 saturated carbocycles. The Hall–Kier alpha value is -1.87. The second-order valence-electron chi connectivity index (χ2n) is 4.47. The summed E-state index contributed by atoms with van der Waals surface area (Å²) in [6, 6.07) is 14.0. The van der Waals surface area contributed by atoms with Crippen molar-refractivity contribution in [1.29, 1.82) is 0 Å². The maximum atomic E-state index is 13.0. The topological polar surface area (TPSA) is 35.2 Å². The Kier molecular flexibility index (Phi) is 4.53. The van der Waals surface area contributed by atoms with Crippen molar-refractivity contribution in [1.82, 2.24) is 0 Å². The lowest BCUT2D eigenvalue weighted by atomic mass is 10.1. The van der Waals surface area contributed by atoms with Crippen LogP contribution in [0.5, 0.6) is 5.75 Å². The van der Waals surface area contributed by atoms with Gasteiger partial charge in [-0.3, -0.25) is 0 Å². The predicted molar refractivity (Wildman–Crippen MR) is 74.6 cm³/mol. The first-order valence-corrected chi connectivity index (χ1v) is 6.42. The van der Waals surface area contributed by atoms with E-state index in [0.29, 0.717) is 12.4 Å². The lowest BCUT2D eigenvalue weighted by molar-refractivity contribution is 0.289. The molecule has 1 atom stereocenters. The Morgan fingerprint density at radius 1 is 1.16 bits per heavy atom. The van der Waals surface area contributed by atoms with Crippen LogP contribution in [-0.4, -0.2) is 6.61 Å². The molecule has 2 N–H and O–H groups in total. The molecule has 0 spiro atoms. The summed E-state index contributed by atoms with van der Waals surface area (Å²) in [7, 11) is 0. The number of halogens is 1. The maximum Gasteiger partial charge on any atom is 0.126 e. The van der Waals surface area contributed by atoms with Crippen molar-refractivity contribution in [2.24, 2.45) is 5.73 Å². The standard InChI is InChI=1S/C16H18FNO/c1-2-12-6-8-13(9-7-12)16(18)11-19-15-5-3-4-14(17)10-15/h3-10,16H,2,11,18H2,1H3. The maximum absolute atomic E-state index is 13.0. The number of hydrogen-bond donors (Lipinski definition) is 1. The quantitative estimate of drug-likeness (QED) is 0.892. The van der Waals surface area contributed by atoms with E-state index >= 15 is 0 Å². The highest BCUT2D eigenvalue weighted by atomic mass is 19.1. The Morgan fingerprint density at radius 2 is 1.89 bits per heavy atom. The van der Waals surface area contributed by atoms with E-state index in [9.17, 15) is 4.39 Å². The van der Waals surface area contributed by atoms with Gasteiger partial charge in [0.15, 0.2) is 0 Å². The monoisotopic (exact) mass is 259 g/mol. The first-order valence-electron chi connectivity index (χ1n) is 6.42. The van der Waals surface area contributed by atoms with E-state index < -0.39 is 0 Å². The van der Waals surface area contributed by atoms with E-state index in [-0.39, 0.29) is 11.9 Å². The van der Waals surface area contributed by atoms with Crippen LogP contribution >= 0.6 is 0 Å². The fourth-order valence-electron chi connectivity index (χ4n) is 1.84. The van der Waals surface area contributed by atoms with Gasteiger partial charge in [0.1, 0.15) is 18.2 Å². The molecule has 0 heterocycles. The zero-order chi connectivity index (χ0) is 13.7. The van der Waals surface area contributed by atoms with Crippen molar-refractivity contribution in [3.8, 4) is 5.75 Å². The van der Waals surface area contributed by atoms with Gasteiger partial charge >= 0.3 is 0 Å². The summed E-state index contributed by atoms with van der Waals surface area (Å²) in [6.45, 7) is 2.44. The van der Waals surface area contributed by atoms with Crippen molar-refractivity contribution in [3.63, 3.8) is 0 Å². The third-order valence-corrected chi connectivity index (χ3v) is 3.04. The molecule has 2 aromatic rings. The number of benzene rings is 2. The van der Waals surface area contributed by atoms with Crippen LogP contribution < -0.4 is 10.5 Å². The van der Waals surface area contributed by atoms with Crippen molar-refractivity contribution in [2.75, 3.05) is 6.61 Å².